The minimum atomic E-state index is -4.10. The van der Waals surface area contributed by atoms with Gasteiger partial charge in [0.25, 0.3) is 5.91 Å². The Morgan fingerprint density at radius 3 is 2.40 bits per heavy atom. The smallest absolute Gasteiger partial charge is 0.292 e. The molecule has 0 aromatic heterocycles. The molecule has 0 radical (unpaired) electrons. The first-order valence-electron chi connectivity index (χ1n) is 7.58. The summed E-state index contributed by atoms with van der Waals surface area (Å²) in [4.78, 5) is 13.1. The summed E-state index contributed by atoms with van der Waals surface area (Å²) in [7, 11) is -4.10. The Hall–Kier alpha value is -2.20. The van der Waals surface area contributed by atoms with E-state index in [-0.39, 0.29) is 44.5 Å². The fourth-order valence-electron chi connectivity index (χ4n) is 2.59. The van der Waals surface area contributed by atoms with E-state index in [1.165, 1.54) is 11.2 Å². The Balaban J connectivity index is 1.69. The Kier molecular flexibility index (Phi) is 4.91. The highest BCUT2D eigenvalue weighted by Gasteiger charge is 2.33. The monoisotopic (exact) mass is 374 g/mol. The molecule has 0 N–H and O–H groups in total. The maximum Gasteiger partial charge on any atom is 0.292 e. The molecular formula is C15H16F2N2O5S. The van der Waals surface area contributed by atoms with Crippen molar-refractivity contribution in [2.45, 2.75) is 4.90 Å². The predicted octanol–water partition coefficient (Wildman–Crippen LogP) is 0.686. The Morgan fingerprint density at radius 2 is 1.80 bits per heavy atom. The average molecular weight is 374 g/mol. The van der Waals surface area contributed by atoms with E-state index >= 15 is 0 Å². The van der Waals surface area contributed by atoms with Crippen molar-refractivity contribution in [2.75, 3.05) is 39.4 Å². The van der Waals surface area contributed by atoms with Crippen LogP contribution in [-0.2, 0) is 24.3 Å². The maximum absolute atomic E-state index is 13.8. The summed E-state index contributed by atoms with van der Waals surface area (Å²) >= 11 is 0. The van der Waals surface area contributed by atoms with E-state index < -0.39 is 26.6 Å². The van der Waals surface area contributed by atoms with Crippen molar-refractivity contribution < 1.29 is 31.5 Å². The number of carbonyl (C=O) groups excluding carboxylic acids is 1. The van der Waals surface area contributed by atoms with E-state index in [9.17, 15) is 22.0 Å². The number of nitrogens with zero attached hydrogens (tertiary/aromatic N) is 2. The fourth-order valence-corrected chi connectivity index (χ4v) is 4.06. The molecule has 0 spiro atoms. The normalized spacial score (nSPS) is 19.0. The molecule has 0 unspecified atom stereocenters. The number of sulfonamides is 1. The van der Waals surface area contributed by atoms with Crippen LogP contribution in [0.5, 0.6) is 0 Å². The van der Waals surface area contributed by atoms with Gasteiger partial charge in [-0.1, -0.05) is 0 Å². The van der Waals surface area contributed by atoms with Gasteiger partial charge in [0.05, 0.1) is 0 Å². The average Bonchev–Trinajstić information content (AvgIpc) is 2.61. The third kappa shape index (κ3) is 3.59. The number of halogens is 2. The van der Waals surface area contributed by atoms with E-state index in [2.05, 4.69) is 0 Å². The minimum Gasteiger partial charge on any atom is -0.494 e. The van der Waals surface area contributed by atoms with Gasteiger partial charge in [-0.2, -0.15) is 4.31 Å². The van der Waals surface area contributed by atoms with Crippen LogP contribution in [0.25, 0.3) is 0 Å². The zero-order valence-corrected chi connectivity index (χ0v) is 14.0. The minimum absolute atomic E-state index is 0.000965. The third-order valence-electron chi connectivity index (χ3n) is 3.90. The summed E-state index contributed by atoms with van der Waals surface area (Å²) in [6, 6.07) is 2.32. The van der Waals surface area contributed by atoms with Gasteiger partial charge in [0.1, 0.15) is 36.0 Å². The van der Waals surface area contributed by atoms with Crippen LogP contribution < -0.4 is 0 Å². The number of amides is 1. The van der Waals surface area contributed by atoms with Crippen LogP contribution in [0, 0.1) is 11.6 Å². The molecule has 2 aliphatic heterocycles. The molecule has 1 saturated heterocycles. The van der Waals surface area contributed by atoms with Gasteiger partial charge in [-0.05, 0) is 12.1 Å². The zero-order valence-electron chi connectivity index (χ0n) is 13.2. The van der Waals surface area contributed by atoms with Crippen LogP contribution in [0.1, 0.15) is 0 Å². The van der Waals surface area contributed by atoms with Gasteiger partial charge < -0.3 is 14.4 Å². The van der Waals surface area contributed by atoms with Crippen molar-refractivity contribution in [2.24, 2.45) is 0 Å². The van der Waals surface area contributed by atoms with Crippen LogP contribution in [0.3, 0.4) is 0 Å². The highest BCUT2D eigenvalue weighted by atomic mass is 32.2. The molecule has 0 saturated carbocycles. The molecule has 1 fully saturated rings. The summed E-state index contributed by atoms with van der Waals surface area (Å²) in [5.41, 5.74) is 0. The van der Waals surface area contributed by atoms with Gasteiger partial charge in [-0.15, -0.1) is 0 Å². The van der Waals surface area contributed by atoms with E-state index in [0.29, 0.717) is 12.7 Å². The highest BCUT2D eigenvalue weighted by molar-refractivity contribution is 7.89. The number of piperazine rings is 1. The molecule has 25 heavy (non-hydrogen) atoms. The molecule has 2 aliphatic rings. The fraction of sp³-hybridized carbons (Fsp3) is 0.400. The molecule has 7 nitrogen and oxygen atoms in total. The lowest BCUT2D eigenvalue weighted by Crippen LogP contribution is -2.51. The lowest BCUT2D eigenvalue weighted by Gasteiger charge is -2.34. The maximum atomic E-state index is 13.8. The van der Waals surface area contributed by atoms with Gasteiger partial charge in [0.15, 0.2) is 0 Å². The van der Waals surface area contributed by atoms with Crippen molar-refractivity contribution in [3.8, 4) is 0 Å². The Labute approximate surface area is 143 Å². The van der Waals surface area contributed by atoms with E-state index in [0.717, 1.165) is 16.4 Å². The quantitative estimate of drug-likeness (QED) is 0.778. The van der Waals surface area contributed by atoms with Crippen molar-refractivity contribution in [3.63, 3.8) is 0 Å². The lowest BCUT2D eigenvalue weighted by atomic mass is 10.3. The summed E-state index contributed by atoms with van der Waals surface area (Å²) in [6.45, 7) is 0.892. The van der Waals surface area contributed by atoms with E-state index in [4.69, 9.17) is 9.47 Å². The number of benzene rings is 1. The number of ether oxygens (including phenoxy) is 2. The first kappa shape index (κ1) is 17.6. The second-order valence-corrected chi connectivity index (χ2v) is 7.38. The summed E-state index contributed by atoms with van der Waals surface area (Å²) in [5.74, 6) is -2.30. The molecule has 0 aliphatic carbocycles. The summed E-state index contributed by atoms with van der Waals surface area (Å²) in [5, 5.41) is 0. The van der Waals surface area contributed by atoms with E-state index in [1.807, 2.05) is 0 Å². The molecule has 1 amide bonds. The molecule has 1 aromatic carbocycles. The largest absolute Gasteiger partial charge is 0.494 e. The molecule has 3 rings (SSSR count). The highest BCUT2D eigenvalue weighted by Crippen LogP contribution is 2.22. The molecule has 10 heteroatoms. The first-order chi connectivity index (χ1) is 11.9. The second-order valence-electron chi connectivity index (χ2n) is 5.47. The van der Waals surface area contributed by atoms with Crippen molar-refractivity contribution in [1.29, 1.82) is 0 Å². The molecule has 1 aromatic rings. The lowest BCUT2D eigenvalue weighted by molar-refractivity contribution is -0.133. The molecule has 136 valence electrons. The topological polar surface area (TPSA) is 76.2 Å². The first-order valence-corrected chi connectivity index (χ1v) is 9.02. The van der Waals surface area contributed by atoms with Gasteiger partial charge in [-0.25, -0.2) is 17.2 Å². The van der Waals surface area contributed by atoms with Gasteiger partial charge in [0, 0.05) is 32.2 Å². The number of hydrogen-bond donors (Lipinski definition) is 0. The molecule has 0 bridgehead atoms. The van der Waals surface area contributed by atoms with Gasteiger partial charge >= 0.3 is 0 Å². The van der Waals surface area contributed by atoms with Crippen molar-refractivity contribution in [3.05, 3.63) is 41.9 Å². The summed E-state index contributed by atoms with van der Waals surface area (Å²) in [6.07, 6.45) is 1.24. The molecule has 0 atom stereocenters. The van der Waals surface area contributed by atoms with Crippen LogP contribution >= 0.6 is 0 Å². The van der Waals surface area contributed by atoms with Crippen LogP contribution in [0.15, 0.2) is 35.1 Å². The van der Waals surface area contributed by atoms with E-state index in [1.54, 1.807) is 0 Å². The SMILES string of the molecule is O=C(C1=COCCO1)N1CCN(S(=O)(=O)c2ccc(F)cc2F)CC1. The molecule has 2 heterocycles. The Bertz CT molecular complexity index is 804. The van der Waals surface area contributed by atoms with Crippen molar-refractivity contribution >= 4 is 15.9 Å². The Morgan fingerprint density at radius 1 is 1.08 bits per heavy atom. The second kappa shape index (κ2) is 6.96. The number of rotatable bonds is 3. The number of carbonyl (C=O) groups is 1. The zero-order chi connectivity index (χ0) is 18.0. The predicted molar refractivity (Wildman–Crippen MR) is 81.7 cm³/mol. The third-order valence-corrected chi connectivity index (χ3v) is 5.83. The summed E-state index contributed by atoms with van der Waals surface area (Å²) < 4.78 is 63.1. The van der Waals surface area contributed by atoms with Gasteiger partial charge in [0.2, 0.25) is 15.8 Å². The van der Waals surface area contributed by atoms with Crippen LogP contribution in [0.4, 0.5) is 8.78 Å². The van der Waals surface area contributed by atoms with Crippen LogP contribution in [0.2, 0.25) is 0 Å². The number of hydrogen-bond acceptors (Lipinski definition) is 5. The van der Waals surface area contributed by atoms with Gasteiger partial charge in [-0.3, -0.25) is 4.79 Å². The molecular weight excluding hydrogens is 358 g/mol. The van der Waals surface area contributed by atoms with Crippen LogP contribution in [-0.4, -0.2) is 62.9 Å². The van der Waals surface area contributed by atoms with Crippen molar-refractivity contribution in [1.82, 2.24) is 9.21 Å². The standard InChI is InChI=1S/C15H16F2N2O5S/c16-11-1-2-14(12(17)9-11)25(21,22)19-5-3-18(4-6-19)15(20)13-10-23-7-8-24-13/h1-2,9-10H,3-8H2.